The van der Waals surface area contributed by atoms with E-state index in [1.807, 2.05) is 4.14 Å². The zero-order valence-corrected chi connectivity index (χ0v) is 7.19. The van der Waals surface area contributed by atoms with Gasteiger partial charge in [-0.1, -0.05) is 0 Å². The van der Waals surface area contributed by atoms with Gasteiger partial charge in [0, 0.05) is 6.92 Å². The Morgan fingerprint density at radius 3 is 3.00 bits per heavy atom. The van der Waals surface area contributed by atoms with Crippen LogP contribution in [0.4, 0.5) is 0 Å². The quantitative estimate of drug-likeness (QED) is 0.649. The van der Waals surface area contributed by atoms with Gasteiger partial charge in [-0.2, -0.15) is 0 Å². The Labute approximate surface area is 60.0 Å². The topological polar surface area (TPSA) is 29.4 Å². The fourth-order valence-electron chi connectivity index (χ4n) is 0.291. The second kappa shape index (κ2) is 2.72. The highest BCUT2D eigenvalue weighted by molar-refractivity contribution is 14.2. The van der Waals surface area contributed by atoms with E-state index in [0.717, 1.165) is 0 Å². The average Bonchev–Trinajstić information content (AvgIpc) is 2.12. The molecule has 0 aromatic rings. The molecule has 0 fully saturated rings. The molecule has 8 heavy (non-hydrogen) atoms. The van der Waals surface area contributed by atoms with Crippen LogP contribution in [-0.4, -0.2) is 15.0 Å². The van der Waals surface area contributed by atoms with Gasteiger partial charge in [0.25, 0.3) is 0 Å². The molecule has 1 aliphatic heterocycles. The molecule has 0 amide bonds. The van der Waals surface area contributed by atoms with Crippen molar-refractivity contribution in [3.05, 3.63) is 0 Å². The third-order valence-electron chi connectivity index (χ3n) is 0.625. The average molecular weight is 241 g/mol. The van der Waals surface area contributed by atoms with Crippen molar-refractivity contribution in [1.82, 2.24) is 0 Å². The van der Waals surface area contributed by atoms with Gasteiger partial charge in [-0.15, -0.1) is 0 Å². The Morgan fingerprint density at radius 2 is 2.75 bits per heavy atom. The van der Waals surface area contributed by atoms with Crippen LogP contribution < -0.4 is 0 Å². The van der Waals surface area contributed by atoms with E-state index in [-0.39, 0.29) is 25.1 Å². The van der Waals surface area contributed by atoms with E-state index in [9.17, 15) is 4.79 Å². The van der Waals surface area contributed by atoms with Gasteiger partial charge in [0.1, 0.15) is 5.04 Å². The lowest BCUT2D eigenvalue weighted by molar-refractivity contribution is -0.110. The van der Waals surface area contributed by atoms with Crippen molar-refractivity contribution in [2.75, 3.05) is 0 Å². The SMILES string of the molecule is CC(=O)C1=NC=IS1. The van der Waals surface area contributed by atoms with Crippen molar-refractivity contribution >= 4 is 43.2 Å². The first-order valence-electron chi connectivity index (χ1n) is 2.01. The number of carbonyl (C=O) groups is 1. The van der Waals surface area contributed by atoms with Crippen molar-refractivity contribution < 1.29 is 4.79 Å². The predicted octanol–water partition coefficient (Wildman–Crippen LogP) is 1.37. The van der Waals surface area contributed by atoms with E-state index in [1.54, 1.807) is 15.9 Å². The van der Waals surface area contributed by atoms with Crippen molar-refractivity contribution in [3.8, 4) is 0 Å². The molecule has 0 spiro atoms. The first-order valence-corrected chi connectivity index (χ1v) is 6.62. The van der Waals surface area contributed by atoms with Gasteiger partial charge < -0.3 is 0 Å². The molecule has 0 N–H and O–H groups in total. The molecule has 4 heteroatoms. The summed E-state index contributed by atoms with van der Waals surface area (Å²) in [5, 5.41) is 0.692. The Kier molecular flexibility index (Phi) is 2.18. The second-order valence-electron chi connectivity index (χ2n) is 1.25. The van der Waals surface area contributed by atoms with Crippen LogP contribution in [-0.2, 0) is 4.79 Å². The Morgan fingerprint density at radius 1 is 2.00 bits per heavy atom. The van der Waals surface area contributed by atoms with E-state index < -0.39 is 0 Å². The molecule has 1 heterocycles. The normalized spacial score (nSPS) is 17.4. The molecule has 0 aromatic carbocycles. The van der Waals surface area contributed by atoms with Gasteiger partial charge in [0.15, 0.2) is 5.78 Å². The third kappa shape index (κ3) is 1.38. The van der Waals surface area contributed by atoms with Crippen LogP contribution >= 0.6 is 28.3 Å². The molecule has 0 saturated heterocycles. The third-order valence-corrected chi connectivity index (χ3v) is 4.31. The highest BCUT2D eigenvalue weighted by Crippen LogP contribution is 2.26. The molecule has 0 saturated carbocycles. The van der Waals surface area contributed by atoms with Crippen LogP contribution in [0.5, 0.6) is 0 Å². The summed E-state index contributed by atoms with van der Waals surface area (Å²) in [5.41, 5.74) is 0. The molecule has 1 aliphatic rings. The van der Waals surface area contributed by atoms with Gasteiger partial charge in [0.2, 0.25) is 0 Å². The molecule has 0 atom stereocenters. The van der Waals surface area contributed by atoms with Crippen molar-refractivity contribution in [3.63, 3.8) is 0 Å². The van der Waals surface area contributed by atoms with Crippen molar-refractivity contribution in [1.29, 1.82) is 0 Å². The van der Waals surface area contributed by atoms with Gasteiger partial charge in [-0.3, -0.25) is 4.79 Å². The first kappa shape index (κ1) is 6.41. The minimum Gasteiger partial charge on any atom is -0.292 e. The van der Waals surface area contributed by atoms with Crippen molar-refractivity contribution in [2.24, 2.45) is 4.99 Å². The van der Waals surface area contributed by atoms with E-state index in [0.29, 0.717) is 5.04 Å². The van der Waals surface area contributed by atoms with Crippen LogP contribution in [0.2, 0.25) is 0 Å². The number of ketones is 1. The van der Waals surface area contributed by atoms with Crippen molar-refractivity contribution in [2.45, 2.75) is 6.92 Å². The van der Waals surface area contributed by atoms with Crippen LogP contribution in [0.3, 0.4) is 0 Å². The Hall–Kier alpha value is 0.290. The molecule has 0 bridgehead atoms. The molecule has 0 aliphatic carbocycles. The maximum absolute atomic E-state index is 10.5. The maximum atomic E-state index is 10.5. The molecule has 2 nitrogen and oxygen atoms in total. The van der Waals surface area contributed by atoms with Crippen LogP contribution in [0.15, 0.2) is 4.99 Å². The monoisotopic (exact) mass is 241 g/mol. The molecule has 0 radical (unpaired) electrons. The van der Waals surface area contributed by atoms with E-state index in [1.165, 1.54) is 0 Å². The minimum absolute atomic E-state index is 0.0356. The number of nitrogens with zero attached hydrogens (tertiary/aromatic N) is 1. The molecule has 44 valence electrons. The van der Waals surface area contributed by atoms with Gasteiger partial charge in [0.05, 0.1) is 4.14 Å². The lowest BCUT2D eigenvalue weighted by atomic mass is 10.5. The molecule has 0 unspecified atom stereocenters. The molecular weight excluding hydrogens is 237 g/mol. The maximum Gasteiger partial charge on any atom is 0.185 e. The Balaban J connectivity index is 2.64. The first-order chi connectivity index (χ1) is 3.80. The number of halogens is 1. The van der Waals surface area contributed by atoms with Gasteiger partial charge in [-0.25, -0.2) is 4.99 Å². The van der Waals surface area contributed by atoms with Gasteiger partial charge >= 0.3 is 0 Å². The summed E-state index contributed by atoms with van der Waals surface area (Å²) in [6, 6.07) is 0. The summed E-state index contributed by atoms with van der Waals surface area (Å²) in [6.07, 6.45) is 0. The zero-order chi connectivity index (χ0) is 5.98. The number of aliphatic imine (C=N–C) groups is 1. The number of rotatable bonds is 1. The number of Topliss-reactive ketones (excluding diaryl/α,β-unsaturated/α-hetero) is 1. The summed E-state index contributed by atoms with van der Waals surface area (Å²) in [7, 11) is 1.61. The summed E-state index contributed by atoms with van der Waals surface area (Å²) in [6.45, 7) is 1.55. The lowest BCUT2D eigenvalue weighted by Gasteiger charge is -1.84. The number of carbonyl (C=O) groups excluding carboxylic acids is 1. The number of hydrogen-bond donors (Lipinski definition) is 0. The zero-order valence-electron chi connectivity index (χ0n) is 4.22. The molecule has 1 rings (SSSR count). The smallest absolute Gasteiger partial charge is 0.185 e. The highest BCUT2D eigenvalue weighted by Gasteiger charge is 2.06. The van der Waals surface area contributed by atoms with E-state index in [4.69, 9.17) is 0 Å². The standard InChI is InChI=1S/C4H4INOS/c1-3(7)4-6-2-5-8-4/h2H,1H3. The summed E-state index contributed by atoms with van der Waals surface area (Å²) < 4.78 is 1.86. The number of hydrogen-bond acceptors (Lipinski definition) is 3. The van der Waals surface area contributed by atoms with Gasteiger partial charge in [-0.05, 0) is 28.3 Å². The summed E-state index contributed by atoms with van der Waals surface area (Å²) in [5.74, 6) is 0.100. The van der Waals surface area contributed by atoms with E-state index >= 15 is 0 Å². The van der Waals surface area contributed by atoms with Crippen LogP contribution in [0, 0.1) is 0 Å². The predicted molar refractivity (Wildman–Crippen MR) is 45.8 cm³/mol. The van der Waals surface area contributed by atoms with Crippen LogP contribution in [0.25, 0.3) is 0 Å². The summed E-state index contributed by atoms with van der Waals surface area (Å²) >= 11 is 0.0356. The minimum atomic E-state index is 0.0356. The Bertz CT molecular complexity index is 175. The molecule has 0 aromatic heterocycles. The van der Waals surface area contributed by atoms with E-state index in [2.05, 4.69) is 4.99 Å². The molecular formula is C4H4INOS. The lowest BCUT2D eigenvalue weighted by Crippen LogP contribution is -2.00. The largest absolute Gasteiger partial charge is 0.292 e. The second-order valence-corrected chi connectivity index (χ2v) is 5.38. The fourth-order valence-corrected chi connectivity index (χ4v) is 3.80. The highest BCUT2D eigenvalue weighted by atomic mass is 127. The fraction of sp³-hybridized carbons (Fsp3) is 0.250. The van der Waals surface area contributed by atoms with Crippen LogP contribution in [0.1, 0.15) is 6.92 Å². The summed E-state index contributed by atoms with van der Waals surface area (Å²) in [4.78, 5) is 14.4.